The van der Waals surface area contributed by atoms with Crippen LogP contribution in [-0.4, -0.2) is 20.4 Å². The van der Waals surface area contributed by atoms with Crippen molar-refractivity contribution in [1.29, 1.82) is 0 Å². The van der Waals surface area contributed by atoms with Gasteiger partial charge in [0.2, 0.25) is 0 Å². The van der Waals surface area contributed by atoms with Crippen LogP contribution in [0.3, 0.4) is 0 Å². The van der Waals surface area contributed by atoms with Crippen molar-refractivity contribution in [3.05, 3.63) is 81.8 Å². The van der Waals surface area contributed by atoms with Crippen LogP contribution in [0.4, 0.5) is 11.4 Å². The van der Waals surface area contributed by atoms with Gasteiger partial charge in [-0.05, 0) is 73.2 Å². The molecule has 0 fully saturated rings. The summed E-state index contributed by atoms with van der Waals surface area (Å²) in [5, 5.41) is 3.91. The van der Waals surface area contributed by atoms with Crippen molar-refractivity contribution >= 4 is 62.1 Å². The molecule has 0 aliphatic heterocycles. The molecule has 0 saturated heterocycles. The molecule has 0 radical (unpaired) electrons. The lowest BCUT2D eigenvalue weighted by molar-refractivity contribution is -0.122. The summed E-state index contributed by atoms with van der Waals surface area (Å²) in [4.78, 5) is 12.6. The number of nitrogens with one attached hydrogen (secondary N) is 2. The van der Waals surface area contributed by atoms with E-state index in [9.17, 15) is 13.2 Å². The number of hydrogen-bond donors (Lipinski definition) is 2. The number of ether oxygens (including phenoxy) is 1. The Morgan fingerprint density at radius 3 is 2.03 bits per heavy atom. The van der Waals surface area contributed by atoms with Crippen molar-refractivity contribution in [3.8, 4) is 5.75 Å². The zero-order chi connectivity index (χ0) is 23.3. The fourth-order valence-corrected chi connectivity index (χ4v) is 4.46. The molecule has 32 heavy (non-hydrogen) atoms. The van der Waals surface area contributed by atoms with Gasteiger partial charge in [0.05, 0.1) is 10.6 Å². The molecule has 0 saturated carbocycles. The molecule has 168 valence electrons. The lowest BCUT2D eigenvalue weighted by atomic mass is 10.2. The molecule has 0 aliphatic rings. The smallest absolute Gasteiger partial charge is 0.265 e. The van der Waals surface area contributed by atoms with Gasteiger partial charge in [-0.15, -0.1) is 0 Å². The maximum absolute atomic E-state index is 12.6. The molecule has 0 aliphatic carbocycles. The first-order chi connectivity index (χ1) is 15.2. The molecular weight excluding hydrogens is 495 g/mol. The largest absolute Gasteiger partial charge is 0.481 e. The lowest BCUT2D eigenvalue weighted by Crippen LogP contribution is -2.32. The fourth-order valence-electron chi connectivity index (χ4n) is 2.77. The Balaban J connectivity index is 1.67. The summed E-state index contributed by atoms with van der Waals surface area (Å²) in [6.45, 7) is 1.82. The number of rotatable bonds is 8. The highest BCUT2D eigenvalue weighted by atomic mass is 35.5. The molecular formula is C22H19Cl3N2O4S. The maximum Gasteiger partial charge on any atom is 0.265 e. The average molecular weight is 514 g/mol. The number of hydrogen-bond acceptors (Lipinski definition) is 4. The Labute approximate surface area is 201 Å². The summed E-state index contributed by atoms with van der Waals surface area (Å²) in [6, 6.07) is 16.8. The van der Waals surface area contributed by atoms with Crippen LogP contribution in [0.25, 0.3) is 0 Å². The molecule has 0 spiro atoms. The highest BCUT2D eigenvalue weighted by Crippen LogP contribution is 2.25. The van der Waals surface area contributed by atoms with E-state index < -0.39 is 16.1 Å². The van der Waals surface area contributed by atoms with Gasteiger partial charge < -0.3 is 10.1 Å². The number of sulfonamides is 1. The van der Waals surface area contributed by atoms with Crippen LogP contribution < -0.4 is 14.8 Å². The van der Waals surface area contributed by atoms with Gasteiger partial charge in [-0.25, -0.2) is 8.42 Å². The van der Waals surface area contributed by atoms with Gasteiger partial charge in [0.25, 0.3) is 15.9 Å². The zero-order valence-corrected chi connectivity index (χ0v) is 19.9. The molecule has 1 atom stereocenters. The number of carbonyl (C=O) groups excluding carboxylic acids is 1. The quantitative estimate of drug-likeness (QED) is 0.373. The summed E-state index contributed by atoms with van der Waals surface area (Å²) >= 11 is 17.7. The average Bonchev–Trinajstić information content (AvgIpc) is 2.72. The number of anilines is 2. The van der Waals surface area contributed by atoms with E-state index in [4.69, 9.17) is 39.5 Å². The van der Waals surface area contributed by atoms with Gasteiger partial charge in [0.15, 0.2) is 6.10 Å². The second-order valence-corrected chi connectivity index (χ2v) is 9.74. The molecule has 3 rings (SSSR count). The van der Waals surface area contributed by atoms with E-state index in [0.717, 1.165) is 0 Å². The maximum atomic E-state index is 12.6. The normalized spacial score (nSPS) is 12.1. The van der Waals surface area contributed by atoms with Crippen LogP contribution in [0.2, 0.25) is 15.1 Å². The summed E-state index contributed by atoms with van der Waals surface area (Å²) in [7, 11) is -3.87. The number of carbonyl (C=O) groups is 1. The SMILES string of the molecule is CCC(Oc1ccc(Cl)cc1)C(=O)Nc1ccc(S(=O)(=O)Nc2cc(Cl)cc(Cl)c2)cc1. The van der Waals surface area contributed by atoms with Gasteiger partial charge >= 0.3 is 0 Å². The topological polar surface area (TPSA) is 84.5 Å². The molecule has 0 heterocycles. The molecule has 3 aromatic carbocycles. The van der Waals surface area contributed by atoms with Crippen LogP contribution in [0, 0.1) is 0 Å². The third-order valence-corrected chi connectivity index (χ3v) is 6.39. The minimum Gasteiger partial charge on any atom is -0.481 e. The van der Waals surface area contributed by atoms with Crippen molar-refractivity contribution in [2.45, 2.75) is 24.3 Å². The van der Waals surface area contributed by atoms with Gasteiger partial charge in [-0.2, -0.15) is 0 Å². The predicted molar refractivity (Wildman–Crippen MR) is 129 cm³/mol. The fraction of sp³-hybridized carbons (Fsp3) is 0.136. The van der Waals surface area contributed by atoms with Crippen LogP contribution in [0.5, 0.6) is 5.75 Å². The third-order valence-electron chi connectivity index (χ3n) is 4.30. The summed E-state index contributed by atoms with van der Waals surface area (Å²) in [5.74, 6) is 0.162. The minimum absolute atomic E-state index is 0.0102. The third kappa shape index (κ3) is 6.53. The monoisotopic (exact) mass is 512 g/mol. The first-order valence-electron chi connectivity index (χ1n) is 9.48. The Morgan fingerprint density at radius 1 is 0.875 bits per heavy atom. The first-order valence-corrected chi connectivity index (χ1v) is 12.1. The van der Waals surface area contributed by atoms with Gasteiger partial charge in [-0.1, -0.05) is 41.7 Å². The highest BCUT2D eigenvalue weighted by molar-refractivity contribution is 7.92. The van der Waals surface area contributed by atoms with Crippen LogP contribution in [0.15, 0.2) is 71.6 Å². The molecule has 3 aromatic rings. The summed E-state index contributed by atoms with van der Waals surface area (Å²) in [5.41, 5.74) is 0.669. The Morgan fingerprint density at radius 2 is 1.47 bits per heavy atom. The van der Waals surface area contributed by atoms with E-state index in [1.165, 1.54) is 42.5 Å². The molecule has 6 nitrogen and oxygen atoms in total. The second-order valence-electron chi connectivity index (χ2n) is 6.75. The van der Waals surface area contributed by atoms with E-state index in [1.54, 1.807) is 24.3 Å². The lowest BCUT2D eigenvalue weighted by Gasteiger charge is -2.17. The predicted octanol–water partition coefficient (Wildman–Crippen LogP) is 6.24. The molecule has 2 N–H and O–H groups in total. The first kappa shape index (κ1) is 24.2. The minimum atomic E-state index is -3.87. The number of benzene rings is 3. The van der Waals surface area contributed by atoms with Crippen molar-refractivity contribution in [3.63, 3.8) is 0 Å². The Hall–Kier alpha value is -2.45. The van der Waals surface area contributed by atoms with Crippen LogP contribution in [0.1, 0.15) is 13.3 Å². The summed E-state index contributed by atoms with van der Waals surface area (Å²) in [6.07, 6.45) is -0.290. The Kier molecular flexibility index (Phi) is 7.90. The zero-order valence-electron chi connectivity index (χ0n) is 16.8. The molecule has 10 heteroatoms. The van der Waals surface area contributed by atoms with E-state index in [-0.39, 0.29) is 16.5 Å². The van der Waals surface area contributed by atoms with Crippen LogP contribution >= 0.6 is 34.8 Å². The van der Waals surface area contributed by atoms with E-state index in [1.807, 2.05) is 6.92 Å². The summed E-state index contributed by atoms with van der Waals surface area (Å²) < 4.78 is 33.4. The van der Waals surface area contributed by atoms with Gasteiger partial charge in [-0.3, -0.25) is 9.52 Å². The standard InChI is InChI=1S/C22H19Cl3N2O4S/c1-2-21(31-19-7-3-14(23)4-8-19)22(28)26-17-5-9-20(10-6-17)32(29,30)27-18-12-15(24)11-16(25)13-18/h3-13,21,27H,2H2,1H3,(H,26,28). The van der Waals surface area contributed by atoms with Gasteiger partial charge in [0, 0.05) is 20.8 Å². The van der Waals surface area contributed by atoms with E-state index in [0.29, 0.717) is 32.9 Å². The van der Waals surface area contributed by atoms with E-state index in [2.05, 4.69) is 10.0 Å². The van der Waals surface area contributed by atoms with Crippen molar-refractivity contribution in [2.24, 2.45) is 0 Å². The number of halogens is 3. The molecule has 1 amide bonds. The van der Waals surface area contributed by atoms with Crippen molar-refractivity contribution < 1.29 is 17.9 Å². The van der Waals surface area contributed by atoms with Gasteiger partial charge in [0.1, 0.15) is 5.75 Å². The van der Waals surface area contributed by atoms with Crippen molar-refractivity contribution in [2.75, 3.05) is 10.0 Å². The highest BCUT2D eigenvalue weighted by Gasteiger charge is 2.20. The molecule has 0 bridgehead atoms. The van der Waals surface area contributed by atoms with Crippen molar-refractivity contribution in [1.82, 2.24) is 0 Å². The second kappa shape index (κ2) is 10.4. The Bertz CT molecular complexity index is 1180. The molecule has 0 aromatic heterocycles. The number of amides is 1. The molecule has 1 unspecified atom stereocenters. The van der Waals surface area contributed by atoms with Crippen LogP contribution in [-0.2, 0) is 14.8 Å². The van der Waals surface area contributed by atoms with E-state index >= 15 is 0 Å².